The molecule has 122 valence electrons. The highest BCUT2D eigenvalue weighted by Crippen LogP contribution is 2.17. The third kappa shape index (κ3) is 5.63. The van der Waals surface area contributed by atoms with E-state index in [4.69, 9.17) is 0 Å². The fourth-order valence-corrected chi connectivity index (χ4v) is 2.79. The zero-order chi connectivity index (χ0) is 16.7. The number of nitrogens with one attached hydrogen (secondary N) is 1. The van der Waals surface area contributed by atoms with Gasteiger partial charge < -0.3 is 5.32 Å². The fraction of sp³-hybridized carbons (Fsp3) is 0.235. The van der Waals surface area contributed by atoms with Crippen molar-refractivity contribution in [3.63, 3.8) is 0 Å². The standard InChI is InChI=1S/C17H16F3NOS/c18-14-6-4-12(5-7-14)8-9-21-16(22)11-23-10-13-2-1-3-15(19)17(13)20/h1-7H,8-11H2,(H,21,22). The average Bonchev–Trinajstić information content (AvgIpc) is 2.53. The summed E-state index contributed by atoms with van der Waals surface area (Å²) >= 11 is 1.22. The average molecular weight is 339 g/mol. The lowest BCUT2D eigenvalue weighted by molar-refractivity contribution is -0.118. The van der Waals surface area contributed by atoms with Gasteiger partial charge in [-0.3, -0.25) is 4.79 Å². The highest BCUT2D eigenvalue weighted by Gasteiger charge is 2.08. The predicted molar refractivity (Wildman–Crippen MR) is 85.6 cm³/mol. The number of thioether (sulfide) groups is 1. The van der Waals surface area contributed by atoms with Crippen LogP contribution in [0, 0.1) is 17.5 Å². The van der Waals surface area contributed by atoms with Gasteiger partial charge in [0.2, 0.25) is 5.91 Å². The maximum Gasteiger partial charge on any atom is 0.230 e. The van der Waals surface area contributed by atoms with Crippen LogP contribution in [-0.4, -0.2) is 18.2 Å². The van der Waals surface area contributed by atoms with E-state index in [1.807, 2.05) is 0 Å². The molecule has 0 aliphatic rings. The van der Waals surface area contributed by atoms with Gasteiger partial charge in [0.05, 0.1) is 5.75 Å². The number of carbonyl (C=O) groups excluding carboxylic acids is 1. The molecule has 0 radical (unpaired) electrons. The van der Waals surface area contributed by atoms with Gasteiger partial charge >= 0.3 is 0 Å². The van der Waals surface area contributed by atoms with E-state index in [1.54, 1.807) is 12.1 Å². The van der Waals surface area contributed by atoms with Crippen LogP contribution in [0.1, 0.15) is 11.1 Å². The van der Waals surface area contributed by atoms with Crippen LogP contribution in [0.5, 0.6) is 0 Å². The molecule has 0 saturated heterocycles. The van der Waals surface area contributed by atoms with Crippen LogP contribution >= 0.6 is 11.8 Å². The van der Waals surface area contributed by atoms with Gasteiger partial charge in [0.1, 0.15) is 5.82 Å². The van der Waals surface area contributed by atoms with Crippen LogP contribution in [0.2, 0.25) is 0 Å². The Labute approximate surface area is 137 Å². The van der Waals surface area contributed by atoms with E-state index in [0.29, 0.717) is 13.0 Å². The second-order valence-electron chi connectivity index (χ2n) is 4.93. The molecule has 0 bridgehead atoms. The van der Waals surface area contributed by atoms with Gasteiger partial charge in [0.25, 0.3) is 0 Å². The quantitative estimate of drug-likeness (QED) is 0.833. The molecule has 0 atom stereocenters. The van der Waals surface area contributed by atoms with E-state index >= 15 is 0 Å². The van der Waals surface area contributed by atoms with E-state index in [-0.39, 0.29) is 28.8 Å². The molecule has 23 heavy (non-hydrogen) atoms. The molecule has 2 nitrogen and oxygen atoms in total. The van der Waals surface area contributed by atoms with Crippen molar-refractivity contribution >= 4 is 17.7 Å². The molecule has 0 aromatic heterocycles. The second-order valence-corrected chi connectivity index (χ2v) is 5.92. The predicted octanol–water partition coefficient (Wildman–Crippen LogP) is 3.70. The number of carbonyl (C=O) groups is 1. The van der Waals surface area contributed by atoms with E-state index in [1.165, 1.54) is 36.0 Å². The lowest BCUT2D eigenvalue weighted by Crippen LogP contribution is -2.27. The summed E-state index contributed by atoms with van der Waals surface area (Å²) in [5.41, 5.74) is 1.18. The molecule has 0 saturated carbocycles. The van der Waals surface area contributed by atoms with Gasteiger partial charge in [-0.2, -0.15) is 0 Å². The third-order valence-corrected chi connectivity index (χ3v) is 4.15. The number of amides is 1. The van der Waals surface area contributed by atoms with Crippen molar-refractivity contribution in [3.05, 3.63) is 71.0 Å². The first-order valence-corrected chi connectivity index (χ1v) is 8.23. The van der Waals surface area contributed by atoms with Crippen molar-refractivity contribution in [2.24, 2.45) is 0 Å². The summed E-state index contributed by atoms with van der Waals surface area (Å²) in [4.78, 5) is 11.7. The van der Waals surface area contributed by atoms with Crippen molar-refractivity contribution in [1.82, 2.24) is 5.32 Å². The minimum absolute atomic E-state index is 0.166. The fourth-order valence-electron chi connectivity index (χ4n) is 1.96. The van der Waals surface area contributed by atoms with E-state index in [2.05, 4.69) is 5.32 Å². The zero-order valence-electron chi connectivity index (χ0n) is 12.3. The highest BCUT2D eigenvalue weighted by molar-refractivity contribution is 7.99. The molecule has 2 aromatic rings. The molecule has 0 fully saturated rings. The largest absolute Gasteiger partial charge is 0.355 e. The minimum Gasteiger partial charge on any atom is -0.355 e. The van der Waals surface area contributed by atoms with E-state index in [9.17, 15) is 18.0 Å². The SMILES string of the molecule is O=C(CSCc1cccc(F)c1F)NCCc1ccc(F)cc1. The van der Waals surface area contributed by atoms with Gasteiger partial charge in [0, 0.05) is 17.9 Å². The summed E-state index contributed by atoms with van der Waals surface area (Å²) in [6.07, 6.45) is 0.606. The summed E-state index contributed by atoms with van der Waals surface area (Å²) < 4.78 is 39.2. The number of benzene rings is 2. The monoisotopic (exact) mass is 339 g/mol. The van der Waals surface area contributed by atoms with Crippen molar-refractivity contribution < 1.29 is 18.0 Å². The molecule has 2 aromatic carbocycles. The first kappa shape index (κ1) is 17.4. The van der Waals surface area contributed by atoms with Gasteiger partial charge in [0.15, 0.2) is 11.6 Å². The van der Waals surface area contributed by atoms with Gasteiger partial charge in [-0.1, -0.05) is 24.3 Å². The maximum atomic E-state index is 13.4. The molecule has 1 N–H and O–H groups in total. The summed E-state index contributed by atoms with van der Waals surface area (Å²) in [5.74, 6) is -1.81. The topological polar surface area (TPSA) is 29.1 Å². The van der Waals surface area contributed by atoms with E-state index in [0.717, 1.165) is 11.6 Å². The first-order chi connectivity index (χ1) is 11.1. The molecular weight excluding hydrogens is 323 g/mol. The minimum atomic E-state index is -0.883. The Morgan fingerprint density at radius 1 is 1.04 bits per heavy atom. The van der Waals surface area contributed by atoms with Crippen molar-refractivity contribution in [1.29, 1.82) is 0 Å². The molecular formula is C17H16F3NOS. The summed E-state index contributed by atoms with van der Waals surface area (Å²) in [5, 5.41) is 2.74. The van der Waals surface area contributed by atoms with Gasteiger partial charge in [-0.15, -0.1) is 11.8 Å². The Bertz CT molecular complexity index is 661. The van der Waals surface area contributed by atoms with Crippen LogP contribution in [-0.2, 0) is 17.0 Å². The lowest BCUT2D eigenvalue weighted by atomic mass is 10.1. The summed E-state index contributed by atoms with van der Waals surface area (Å²) in [6, 6.07) is 10.1. The van der Waals surface area contributed by atoms with E-state index < -0.39 is 11.6 Å². The van der Waals surface area contributed by atoms with Crippen LogP contribution in [0.4, 0.5) is 13.2 Å². The molecule has 0 heterocycles. The van der Waals surface area contributed by atoms with Gasteiger partial charge in [-0.25, -0.2) is 13.2 Å². The maximum absolute atomic E-state index is 13.4. The highest BCUT2D eigenvalue weighted by atomic mass is 32.2. The van der Waals surface area contributed by atoms with Crippen LogP contribution in [0.15, 0.2) is 42.5 Å². The second kappa shape index (κ2) is 8.62. The third-order valence-electron chi connectivity index (χ3n) is 3.17. The Kier molecular flexibility index (Phi) is 6.52. The molecule has 6 heteroatoms. The molecule has 0 unspecified atom stereocenters. The Morgan fingerprint density at radius 3 is 2.52 bits per heavy atom. The Balaban J connectivity index is 1.67. The number of hydrogen-bond donors (Lipinski definition) is 1. The van der Waals surface area contributed by atoms with Crippen molar-refractivity contribution in [2.75, 3.05) is 12.3 Å². The molecule has 0 aliphatic heterocycles. The molecule has 0 spiro atoms. The number of halogens is 3. The molecule has 1 amide bonds. The smallest absolute Gasteiger partial charge is 0.230 e. The van der Waals surface area contributed by atoms with Gasteiger partial charge in [-0.05, 0) is 30.2 Å². The normalized spacial score (nSPS) is 10.6. The lowest BCUT2D eigenvalue weighted by Gasteiger charge is -2.06. The van der Waals surface area contributed by atoms with Crippen molar-refractivity contribution in [3.8, 4) is 0 Å². The Morgan fingerprint density at radius 2 is 1.78 bits per heavy atom. The zero-order valence-corrected chi connectivity index (χ0v) is 13.1. The first-order valence-electron chi connectivity index (χ1n) is 7.08. The van der Waals surface area contributed by atoms with Crippen LogP contribution in [0.25, 0.3) is 0 Å². The summed E-state index contributed by atoms with van der Waals surface area (Å²) in [7, 11) is 0. The van der Waals surface area contributed by atoms with Crippen LogP contribution in [0.3, 0.4) is 0 Å². The molecule has 0 aliphatic carbocycles. The van der Waals surface area contributed by atoms with Crippen LogP contribution < -0.4 is 5.32 Å². The Hall–Kier alpha value is -1.95. The number of hydrogen-bond acceptors (Lipinski definition) is 2. The summed E-state index contributed by atoms with van der Waals surface area (Å²) in [6.45, 7) is 0.444. The number of rotatable bonds is 7. The van der Waals surface area contributed by atoms with Crippen molar-refractivity contribution in [2.45, 2.75) is 12.2 Å². The molecule has 2 rings (SSSR count).